The summed E-state index contributed by atoms with van der Waals surface area (Å²) in [5, 5.41) is 25.1. The van der Waals surface area contributed by atoms with E-state index in [9.17, 15) is 5.11 Å². The van der Waals surface area contributed by atoms with Crippen LogP contribution in [0.25, 0.3) is 0 Å². The number of nitrogens with one attached hydrogen (secondary N) is 2. The van der Waals surface area contributed by atoms with Crippen LogP contribution in [0.4, 0.5) is 5.82 Å². The fourth-order valence-corrected chi connectivity index (χ4v) is 2.21. The summed E-state index contributed by atoms with van der Waals surface area (Å²) in [6.07, 6.45) is 2.33. The third kappa shape index (κ3) is 3.45. The summed E-state index contributed by atoms with van der Waals surface area (Å²) in [6, 6.07) is 1.53. The Kier molecular flexibility index (Phi) is 4.56. The zero-order valence-corrected chi connectivity index (χ0v) is 12.4. The van der Waals surface area contributed by atoms with Crippen molar-refractivity contribution in [2.75, 3.05) is 18.8 Å². The van der Waals surface area contributed by atoms with Crippen LogP contribution in [-0.2, 0) is 4.74 Å². The smallest absolute Gasteiger partial charge is 0.291 e. The molecule has 2 rings (SSSR count). The van der Waals surface area contributed by atoms with Crippen molar-refractivity contribution in [2.24, 2.45) is 0 Å². The van der Waals surface area contributed by atoms with Crippen LogP contribution < -0.4 is 5.73 Å². The summed E-state index contributed by atoms with van der Waals surface area (Å²) in [6.45, 7) is 1.11. The zero-order chi connectivity index (χ0) is 14.7. The molecule has 0 bridgehead atoms. The topological polar surface area (TPSA) is 119 Å². The van der Waals surface area contributed by atoms with Gasteiger partial charge in [-0.15, -0.1) is 0 Å². The zero-order valence-electron chi connectivity index (χ0n) is 10.8. The number of likely N-dealkylation sites (tertiary alicyclic amines) is 1. The summed E-state index contributed by atoms with van der Waals surface area (Å²) in [7, 11) is 0. The van der Waals surface area contributed by atoms with Crippen molar-refractivity contribution in [3.8, 4) is 0 Å². The third-order valence-corrected chi connectivity index (χ3v) is 3.72. The molecule has 5 N–H and O–H groups in total. The van der Waals surface area contributed by atoms with Crippen molar-refractivity contribution in [3.05, 3.63) is 22.3 Å². The minimum Gasteiger partial charge on any atom is -0.407 e. The van der Waals surface area contributed by atoms with E-state index in [1.807, 2.05) is 0 Å². The lowest BCUT2D eigenvalue weighted by atomic mass is 10.1. The van der Waals surface area contributed by atoms with E-state index in [1.54, 1.807) is 11.0 Å². The number of amidine groups is 1. The first-order valence-electron chi connectivity index (χ1n) is 6.16. The molecular formula is C12H16BrN5O2. The van der Waals surface area contributed by atoms with Gasteiger partial charge in [0.25, 0.3) is 6.02 Å². The maximum Gasteiger partial charge on any atom is 0.291 e. The maximum absolute atomic E-state index is 9.42. The fraction of sp³-hybridized carbons (Fsp3) is 0.417. The summed E-state index contributed by atoms with van der Waals surface area (Å²) >= 11 is 3.23. The first kappa shape index (κ1) is 14.7. The number of aromatic nitrogens is 1. The van der Waals surface area contributed by atoms with Gasteiger partial charge in [0.15, 0.2) is 0 Å². The largest absolute Gasteiger partial charge is 0.407 e. The van der Waals surface area contributed by atoms with Gasteiger partial charge in [-0.2, -0.15) is 0 Å². The number of nitrogen functional groups attached to an aromatic ring is 1. The molecule has 0 aromatic carbocycles. The molecule has 2 heterocycles. The van der Waals surface area contributed by atoms with Gasteiger partial charge < -0.3 is 20.5 Å². The number of hydrogen-bond acceptors (Lipinski definition) is 6. The van der Waals surface area contributed by atoms with Gasteiger partial charge in [-0.05, 0) is 34.8 Å². The van der Waals surface area contributed by atoms with Gasteiger partial charge in [0.1, 0.15) is 5.82 Å². The maximum atomic E-state index is 9.42. The van der Waals surface area contributed by atoms with Gasteiger partial charge in [-0.1, -0.05) is 0 Å². The molecule has 7 nitrogen and oxygen atoms in total. The Hall–Kier alpha value is -1.67. The highest BCUT2D eigenvalue weighted by Gasteiger charge is 2.21. The first-order valence-corrected chi connectivity index (χ1v) is 6.96. The molecular weight excluding hydrogens is 326 g/mol. The van der Waals surface area contributed by atoms with Gasteiger partial charge in [-0.3, -0.25) is 10.8 Å². The monoisotopic (exact) mass is 341 g/mol. The predicted octanol–water partition coefficient (Wildman–Crippen LogP) is 1.16. The molecule has 108 valence electrons. The lowest BCUT2D eigenvalue weighted by Crippen LogP contribution is -2.41. The van der Waals surface area contributed by atoms with Crippen LogP contribution in [0.3, 0.4) is 0 Å². The molecule has 1 aliphatic heterocycles. The average Bonchev–Trinajstić information content (AvgIpc) is 2.42. The Balaban J connectivity index is 1.97. The SMILES string of the molecule is N=C(OC(=N)N1CCC(O)CC1)c1cnc(N)c(Br)c1. The number of piperidine rings is 1. The van der Waals surface area contributed by atoms with Gasteiger partial charge in [0.05, 0.1) is 16.1 Å². The Morgan fingerprint density at radius 1 is 1.45 bits per heavy atom. The third-order valence-electron chi connectivity index (χ3n) is 3.08. The molecule has 0 radical (unpaired) electrons. The van der Waals surface area contributed by atoms with Crippen molar-refractivity contribution in [1.29, 1.82) is 10.8 Å². The number of halogens is 1. The van der Waals surface area contributed by atoms with Crippen LogP contribution in [0.5, 0.6) is 0 Å². The Morgan fingerprint density at radius 2 is 2.10 bits per heavy atom. The van der Waals surface area contributed by atoms with E-state index in [1.165, 1.54) is 6.20 Å². The number of nitrogens with zero attached hydrogens (tertiary/aromatic N) is 2. The van der Waals surface area contributed by atoms with Crippen LogP contribution in [0.15, 0.2) is 16.7 Å². The summed E-state index contributed by atoms with van der Waals surface area (Å²) in [5.74, 6) is 0.177. The molecule has 0 atom stereocenters. The minimum atomic E-state index is -0.309. The van der Waals surface area contributed by atoms with Crippen LogP contribution in [0.1, 0.15) is 18.4 Å². The fourth-order valence-electron chi connectivity index (χ4n) is 1.86. The molecule has 0 aliphatic carbocycles. The van der Waals surface area contributed by atoms with Crippen LogP contribution >= 0.6 is 15.9 Å². The summed E-state index contributed by atoms with van der Waals surface area (Å²) < 4.78 is 5.79. The van der Waals surface area contributed by atoms with E-state index in [-0.39, 0.29) is 18.0 Å². The lowest BCUT2D eigenvalue weighted by molar-refractivity contribution is 0.102. The molecule has 1 aromatic rings. The molecule has 0 saturated carbocycles. The highest BCUT2D eigenvalue weighted by Crippen LogP contribution is 2.18. The Bertz CT molecular complexity index is 529. The molecule has 20 heavy (non-hydrogen) atoms. The molecule has 0 unspecified atom stereocenters. The van der Waals surface area contributed by atoms with Gasteiger partial charge in [0, 0.05) is 19.3 Å². The number of aliphatic hydroxyl groups is 1. The average molecular weight is 342 g/mol. The highest BCUT2D eigenvalue weighted by atomic mass is 79.9. The van der Waals surface area contributed by atoms with Gasteiger partial charge in [-0.25, -0.2) is 4.98 Å². The Morgan fingerprint density at radius 3 is 2.70 bits per heavy atom. The van der Waals surface area contributed by atoms with Crippen molar-refractivity contribution in [3.63, 3.8) is 0 Å². The number of hydrogen-bond donors (Lipinski definition) is 4. The first-order chi connectivity index (χ1) is 9.47. The second-order valence-electron chi connectivity index (χ2n) is 4.55. The summed E-state index contributed by atoms with van der Waals surface area (Å²) in [5.41, 5.74) is 6.01. The molecule has 1 fully saturated rings. The Labute approximate surface area is 124 Å². The van der Waals surface area contributed by atoms with Crippen LogP contribution in [0.2, 0.25) is 0 Å². The summed E-state index contributed by atoms with van der Waals surface area (Å²) in [4.78, 5) is 5.62. The normalized spacial score (nSPS) is 16.0. The number of aliphatic hydroxyl groups excluding tert-OH is 1. The van der Waals surface area contributed by atoms with Gasteiger partial charge >= 0.3 is 0 Å². The van der Waals surface area contributed by atoms with Crippen LogP contribution in [0, 0.1) is 10.8 Å². The lowest BCUT2D eigenvalue weighted by Gasteiger charge is -2.30. The number of rotatable bonds is 1. The van der Waals surface area contributed by atoms with Crippen LogP contribution in [-0.4, -0.2) is 46.1 Å². The number of anilines is 1. The molecule has 1 aliphatic rings. The van der Waals surface area contributed by atoms with E-state index in [2.05, 4.69) is 20.9 Å². The molecule has 8 heteroatoms. The number of pyridine rings is 1. The standard InChI is InChI=1S/C12H16BrN5O2/c13-9-5-7(6-17-10(9)14)11(15)20-12(16)18-3-1-8(19)2-4-18/h5-6,8,15-16,19H,1-4H2,(H2,14,17). The van der Waals surface area contributed by atoms with E-state index in [0.29, 0.717) is 41.8 Å². The van der Waals surface area contributed by atoms with E-state index in [4.69, 9.17) is 21.3 Å². The number of ether oxygens (including phenoxy) is 1. The second-order valence-corrected chi connectivity index (χ2v) is 5.40. The molecule has 1 saturated heterocycles. The minimum absolute atomic E-state index is 0.0881. The quantitative estimate of drug-likeness (QED) is 0.451. The molecule has 0 amide bonds. The van der Waals surface area contributed by atoms with Gasteiger partial charge in [0.2, 0.25) is 5.90 Å². The van der Waals surface area contributed by atoms with Crippen molar-refractivity contribution in [2.45, 2.75) is 18.9 Å². The van der Waals surface area contributed by atoms with E-state index >= 15 is 0 Å². The van der Waals surface area contributed by atoms with E-state index < -0.39 is 0 Å². The van der Waals surface area contributed by atoms with Crippen molar-refractivity contribution >= 4 is 33.7 Å². The highest BCUT2D eigenvalue weighted by molar-refractivity contribution is 9.10. The second kappa shape index (κ2) is 6.19. The predicted molar refractivity (Wildman–Crippen MR) is 78.8 cm³/mol. The molecule has 0 spiro atoms. The molecule has 1 aromatic heterocycles. The van der Waals surface area contributed by atoms with Crippen molar-refractivity contribution in [1.82, 2.24) is 9.88 Å². The van der Waals surface area contributed by atoms with Crippen molar-refractivity contribution < 1.29 is 9.84 Å². The van der Waals surface area contributed by atoms with E-state index in [0.717, 1.165) is 0 Å². The number of nitrogens with two attached hydrogens (primary N) is 1.